The van der Waals surface area contributed by atoms with Gasteiger partial charge in [0.1, 0.15) is 0 Å². The van der Waals surface area contributed by atoms with E-state index in [9.17, 15) is 5.11 Å². The van der Waals surface area contributed by atoms with E-state index in [-0.39, 0.29) is 61.7 Å². The second-order valence-corrected chi connectivity index (χ2v) is 2.11. The van der Waals surface area contributed by atoms with Crippen LogP contribution < -0.4 is 36.4 Å². The molecule has 0 amide bonds. The molecule has 0 saturated carbocycles. The molecule has 0 saturated heterocycles. The number of hydrogen-bond acceptors (Lipinski definition) is 1. The fourth-order valence-corrected chi connectivity index (χ4v) is 0. The maximum absolute atomic E-state index is 10.1. The van der Waals surface area contributed by atoms with Crippen molar-refractivity contribution in [2.24, 2.45) is 0 Å². The minimum atomic E-state index is -0.750. The summed E-state index contributed by atoms with van der Waals surface area (Å²) in [5.74, 6) is 0. The van der Waals surface area contributed by atoms with E-state index in [1.54, 1.807) is 20.8 Å². The molecule has 0 rings (SSSR count). The van der Waals surface area contributed by atoms with Crippen molar-refractivity contribution < 1.29 is 36.4 Å². The second kappa shape index (κ2) is 12.3. The molecule has 1 nitrogen and oxygen atoms in total. The quantitative estimate of drug-likeness (QED) is 0.252. The zero-order chi connectivity index (χ0) is 4.50. The van der Waals surface area contributed by atoms with Crippen LogP contribution in [0.15, 0.2) is 0 Å². The summed E-state index contributed by atoms with van der Waals surface area (Å²) < 4.78 is 0. The standard InChI is InChI=1S/C4H9O.CH3.ClH.Li.Mg/c1-4(2,3)5;;;;/h1-3H3;1H3;1H;;/q2*-1;;+1;+2/p-1. The summed E-state index contributed by atoms with van der Waals surface area (Å²) in [6, 6.07) is 0. The third kappa shape index (κ3) is 214. The van der Waals surface area contributed by atoms with Crippen molar-refractivity contribution in [1.29, 1.82) is 0 Å². The van der Waals surface area contributed by atoms with Crippen LogP contribution in [0.5, 0.6) is 0 Å². The van der Waals surface area contributed by atoms with E-state index in [1.165, 1.54) is 0 Å². The Bertz CT molecular complexity index is 32.4. The molecule has 0 unspecified atom stereocenters. The maximum Gasteiger partial charge on any atom is 2.00 e. The van der Waals surface area contributed by atoms with Gasteiger partial charge in [0.25, 0.3) is 0 Å². The second-order valence-electron chi connectivity index (χ2n) is 2.11. The van der Waals surface area contributed by atoms with Crippen molar-refractivity contribution in [3.8, 4) is 0 Å². The van der Waals surface area contributed by atoms with Crippen molar-refractivity contribution in [1.82, 2.24) is 0 Å². The Morgan fingerprint density at radius 1 is 1.11 bits per heavy atom. The largest absolute Gasteiger partial charge is 2.00 e. The average molecular weight is 155 g/mol. The van der Waals surface area contributed by atoms with Crippen LogP contribution >= 0.6 is 0 Å². The average Bonchev–Trinajstić information content (AvgIpc) is 0.722. The van der Waals surface area contributed by atoms with Gasteiger partial charge in [0, 0.05) is 0 Å². The van der Waals surface area contributed by atoms with Crippen LogP contribution in [0, 0.1) is 7.43 Å². The first-order valence-electron chi connectivity index (χ1n) is 1.70. The molecular formula is C5H12ClLiMgO. The van der Waals surface area contributed by atoms with Gasteiger partial charge in [0.2, 0.25) is 0 Å². The third-order valence-corrected chi connectivity index (χ3v) is 0. The fourth-order valence-electron chi connectivity index (χ4n) is 0. The Morgan fingerprint density at radius 3 is 1.11 bits per heavy atom. The Labute approximate surface area is 92.7 Å². The van der Waals surface area contributed by atoms with Crippen molar-refractivity contribution in [2.45, 2.75) is 26.4 Å². The van der Waals surface area contributed by atoms with E-state index in [0.29, 0.717) is 0 Å². The Kier molecular flexibility index (Phi) is 42.6. The smallest absolute Gasteiger partial charge is 1.00 e. The van der Waals surface area contributed by atoms with Crippen molar-refractivity contribution in [3.63, 3.8) is 0 Å². The summed E-state index contributed by atoms with van der Waals surface area (Å²) in [4.78, 5) is 0. The molecular weight excluding hydrogens is 143 g/mol. The monoisotopic (exact) mass is 154 g/mol. The van der Waals surface area contributed by atoms with Crippen LogP contribution in [0.1, 0.15) is 20.8 Å². The molecule has 4 heteroatoms. The molecule has 0 fully saturated rings. The summed E-state index contributed by atoms with van der Waals surface area (Å²) in [6.45, 7) is 4.90. The SMILES string of the molecule is CC(C)(C)[O-].[CH3-].[Cl-].[Li+].[Mg+2]. The minimum Gasteiger partial charge on any atom is -1.00 e. The maximum atomic E-state index is 10.1. The summed E-state index contributed by atoms with van der Waals surface area (Å²) in [7, 11) is 0. The molecule has 0 aliphatic rings. The van der Waals surface area contributed by atoms with Crippen LogP contribution in [0.3, 0.4) is 0 Å². The molecule has 0 aromatic heterocycles. The van der Waals surface area contributed by atoms with Gasteiger partial charge < -0.3 is 24.9 Å². The predicted molar refractivity (Wildman–Crippen MR) is 31.9 cm³/mol. The zero-order valence-electron chi connectivity index (χ0n) is 6.99. The van der Waals surface area contributed by atoms with Crippen molar-refractivity contribution >= 4 is 23.1 Å². The number of halogens is 1. The van der Waals surface area contributed by atoms with E-state index in [4.69, 9.17) is 0 Å². The van der Waals surface area contributed by atoms with Gasteiger partial charge in [-0.15, -0.1) is 5.60 Å². The summed E-state index contributed by atoms with van der Waals surface area (Å²) in [5.41, 5.74) is -0.750. The van der Waals surface area contributed by atoms with Gasteiger partial charge in [-0.3, -0.25) is 0 Å². The van der Waals surface area contributed by atoms with Crippen molar-refractivity contribution in [3.05, 3.63) is 7.43 Å². The van der Waals surface area contributed by atoms with E-state index in [0.717, 1.165) is 0 Å². The van der Waals surface area contributed by atoms with Gasteiger partial charge in [0.15, 0.2) is 0 Å². The van der Waals surface area contributed by atoms with Crippen LogP contribution in [-0.4, -0.2) is 28.7 Å². The van der Waals surface area contributed by atoms with Gasteiger partial charge in [-0.05, 0) is 0 Å². The zero-order valence-corrected chi connectivity index (χ0v) is 9.16. The summed E-state index contributed by atoms with van der Waals surface area (Å²) in [5, 5.41) is 10.1. The third-order valence-electron chi connectivity index (χ3n) is 0. The number of hydrogen-bond donors (Lipinski definition) is 0. The van der Waals surface area contributed by atoms with E-state index < -0.39 is 5.60 Å². The van der Waals surface area contributed by atoms with Crippen LogP contribution in [0.25, 0.3) is 0 Å². The molecule has 0 aromatic rings. The molecule has 48 valence electrons. The summed E-state index contributed by atoms with van der Waals surface area (Å²) >= 11 is 0. The number of rotatable bonds is 0. The van der Waals surface area contributed by atoms with Crippen LogP contribution in [0.2, 0.25) is 0 Å². The molecule has 9 heavy (non-hydrogen) atoms. The van der Waals surface area contributed by atoms with Gasteiger partial charge >= 0.3 is 41.9 Å². The van der Waals surface area contributed by atoms with Gasteiger partial charge in [0.05, 0.1) is 0 Å². The van der Waals surface area contributed by atoms with E-state index in [2.05, 4.69) is 0 Å². The Balaban J connectivity index is -0.0000000133. The molecule has 0 bridgehead atoms. The predicted octanol–water partition coefficient (Wildman–Crippen LogP) is -5.78. The molecule has 0 aromatic carbocycles. The minimum absolute atomic E-state index is 0. The topological polar surface area (TPSA) is 23.1 Å². The molecule has 0 heterocycles. The molecule has 0 aliphatic heterocycles. The summed E-state index contributed by atoms with van der Waals surface area (Å²) in [6.07, 6.45) is 0. The van der Waals surface area contributed by atoms with Gasteiger partial charge in [-0.1, -0.05) is 20.8 Å². The first-order valence-corrected chi connectivity index (χ1v) is 1.70. The van der Waals surface area contributed by atoms with Gasteiger partial charge in [-0.2, -0.15) is 0 Å². The van der Waals surface area contributed by atoms with Crippen molar-refractivity contribution in [2.75, 3.05) is 0 Å². The van der Waals surface area contributed by atoms with Crippen LogP contribution in [0.4, 0.5) is 0 Å². The molecule has 0 aliphatic carbocycles. The molecule has 0 radical (unpaired) electrons. The normalized spacial score (nSPS) is 6.67. The van der Waals surface area contributed by atoms with E-state index in [1.807, 2.05) is 0 Å². The molecule has 0 N–H and O–H groups in total. The van der Waals surface area contributed by atoms with E-state index >= 15 is 0 Å². The Morgan fingerprint density at radius 2 is 1.11 bits per heavy atom. The molecule has 0 atom stereocenters. The fraction of sp³-hybridized carbons (Fsp3) is 0.800. The first kappa shape index (κ1) is 31.1. The van der Waals surface area contributed by atoms with Crippen LogP contribution in [-0.2, 0) is 0 Å². The Hall–Kier alpha value is 1.61. The first-order chi connectivity index (χ1) is 2.00. The molecule has 0 spiro atoms. The van der Waals surface area contributed by atoms with Gasteiger partial charge in [-0.25, -0.2) is 0 Å².